The fraction of sp³-hybridized carbons (Fsp3) is 0.200. The smallest absolute Gasteiger partial charge is 0.218 e. The predicted molar refractivity (Wildman–Crippen MR) is 59.0 cm³/mol. The second kappa shape index (κ2) is 3.37. The molecular weight excluding hydrogens is 219 g/mol. The number of aryl methyl sites for hydroxylation is 2. The summed E-state index contributed by atoms with van der Waals surface area (Å²) in [4.78, 5) is 8.03. The van der Waals surface area contributed by atoms with Crippen molar-refractivity contribution in [1.82, 2.24) is 9.97 Å². The average Bonchev–Trinajstić information content (AvgIpc) is 2.10. The lowest BCUT2D eigenvalue weighted by Gasteiger charge is -2.06. The van der Waals surface area contributed by atoms with Gasteiger partial charge in [-0.1, -0.05) is 17.7 Å². The van der Waals surface area contributed by atoms with Gasteiger partial charge in [0.2, 0.25) is 5.28 Å². The van der Waals surface area contributed by atoms with Crippen molar-refractivity contribution in [2.75, 3.05) is 0 Å². The van der Waals surface area contributed by atoms with Crippen LogP contribution in [0.3, 0.4) is 0 Å². The molecule has 0 saturated carbocycles. The summed E-state index contributed by atoms with van der Waals surface area (Å²) in [7, 11) is 0. The van der Waals surface area contributed by atoms with E-state index < -0.39 is 0 Å². The minimum absolute atomic E-state index is 0.186. The van der Waals surface area contributed by atoms with E-state index in [4.69, 9.17) is 23.2 Å². The Morgan fingerprint density at radius 2 is 1.79 bits per heavy atom. The second-order valence-electron chi connectivity index (χ2n) is 3.19. The molecule has 1 heterocycles. The highest BCUT2D eigenvalue weighted by Crippen LogP contribution is 2.26. The van der Waals surface area contributed by atoms with Crippen LogP contribution in [0, 0.1) is 13.8 Å². The van der Waals surface area contributed by atoms with Crippen molar-refractivity contribution in [1.29, 1.82) is 0 Å². The molecule has 0 amide bonds. The van der Waals surface area contributed by atoms with Gasteiger partial charge in [-0.15, -0.1) is 0 Å². The Morgan fingerprint density at radius 1 is 1.07 bits per heavy atom. The molecule has 0 aliphatic heterocycles. The molecule has 2 aromatic rings. The Kier molecular flexibility index (Phi) is 2.33. The summed E-state index contributed by atoms with van der Waals surface area (Å²) >= 11 is 11.7. The van der Waals surface area contributed by atoms with E-state index in [1.807, 2.05) is 26.0 Å². The van der Waals surface area contributed by atoms with Crippen LogP contribution < -0.4 is 0 Å². The van der Waals surface area contributed by atoms with Crippen LogP contribution in [0.1, 0.15) is 11.1 Å². The van der Waals surface area contributed by atoms with Crippen LogP contribution in [0.15, 0.2) is 12.1 Å². The van der Waals surface area contributed by atoms with Gasteiger partial charge >= 0.3 is 0 Å². The van der Waals surface area contributed by atoms with Crippen LogP contribution in [0.4, 0.5) is 0 Å². The van der Waals surface area contributed by atoms with Gasteiger partial charge in [0.1, 0.15) is 5.15 Å². The molecule has 0 aliphatic carbocycles. The number of hydrogen-bond acceptors (Lipinski definition) is 2. The number of fused-ring (bicyclic) bond motifs is 1. The van der Waals surface area contributed by atoms with Gasteiger partial charge in [-0.25, -0.2) is 9.97 Å². The van der Waals surface area contributed by atoms with Gasteiger partial charge in [0, 0.05) is 5.39 Å². The minimum atomic E-state index is 0.186. The Balaban J connectivity index is 2.95. The van der Waals surface area contributed by atoms with Gasteiger partial charge in [-0.3, -0.25) is 0 Å². The van der Waals surface area contributed by atoms with Crippen LogP contribution in [0.5, 0.6) is 0 Å². The van der Waals surface area contributed by atoms with Gasteiger partial charge in [0.25, 0.3) is 0 Å². The van der Waals surface area contributed by atoms with Crippen molar-refractivity contribution in [3.8, 4) is 0 Å². The van der Waals surface area contributed by atoms with Crippen LogP contribution in [-0.4, -0.2) is 9.97 Å². The normalized spacial score (nSPS) is 10.9. The van der Waals surface area contributed by atoms with E-state index in [0.717, 1.165) is 16.5 Å². The lowest BCUT2D eigenvalue weighted by Crippen LogP contribution is -1.91. The lowest BCUT2D eigenvalue weighted by molar-refractivity contribution is 1.21. The summed E-state index contributed by atoms with van der Waals surface area (Å²) in [6.45, 7) is 4.03. The molecule has 0 fully saturated rings. The minimum Gasteiger partial charge on any atom is -0.218 e. The van der Waals surface area contributed by atoms with Gasteiger partial charge < -0.3 is 0 Å². The van der Waals surface area contributed by atoms with Crippen molar-refractivity contribution < 1.29 is 0 Å². The molecular formula is C10H8Cl2N2. The first-order valence-electron chi connectivity index (χ1n) is 4.18. The average molecular weight is 227 g/mol. The number of halogens is 2. The molecule has 0 spiro atoms. The largest absolute Gasteiger partial charge is 0.224 e. The highest BCUT2D eigenvalue weighted by molar-refractivity contribution is 6.36. The topological polar surface area (TPSA) is 25.8 Å². The summed E-state index contributed by atoms with van der Waals surface area (Å²) in [6.07, 6.45) is 0. The summed E-state index contributed by atoms with van der Waals surface area (Å²) < 4.78 is 0. The van der Waals surface area contributed by atoms with Gasteiger partial charge in [0.15, 0.2) is 0 Å². The highest BCUT2D eigenvalue weighted by atomic mass is 35.5. The Morgan fingerprint density at radius 3 is 2.50 bits per heavy atom. The van der Waals surface area contributed by atoms with Crippen LogP contribution in [0.25, 0.3) is 10.9 Å². The van der Waals surface area contributed by atoms with E-state index in [1.165, 1.54) is 5.56 Å². The molecule has 0 bridgehead atoms. The molecule has 72 valence electrons. The maximum Gasteiger partial charge on any atom is 0.224 e. The van der Waals surface area contributed by atoms with Crippen molar-refractivity contribution >= 4 is 34.1 Å². The summed E-state index contributed by atoms with van der Waals surface area (Å²) in [5.41, 5.74) is 3.06. The molecule has 2 rings (SSSR count). The van der Waals surface area contributed by atoms with Gasteiger partial charge in [-0.2, -0.15) is 0 Å². The molecule has 2 nitrogen and oxygen atoms in total. The fourth-order valence-corrected chi connectivity index (χ4v) is 1.95. The maximum absolute atomic E-state index is 6.00. The standard InChI is InChI=1S/C10H8Cl2N2/c1-5-3-4-7-8(6(5)2)9(11)14-10(12)13-7/h3-4H,1-2H3. The molecule has 0 unspecified atom stereocenters. The van der Waals surface area contributed by atoms with Crippen molar-refractivity contribution in [3.05, 3.63) is 33.7 Å². The summed E-state index contributed by atoms with van der Waals surface area (Å²) in [5, 5.41) is 1.49. The molecule has 14 heavy (non-hydrogen) atoms. The van der Waals surface area contributed by atoms with Crippen LogP contribution in [-0.2, 0) is 0 Å². The highest BCUT2D eigenvalue weighted by Gasteiger charge is 2.08. The second-order valence-corrected chi connectivity index (χ2v) is 3.88. The van der Waals surface area contributed by atoms with E-state index in [-0.39, 0.29) is 5.28 Å². The first kappa shape index (κ1) is 9.69. The molecule has 0 saturated heterocycles. The number of hydrogen-bond donors (Lipinski definition) is 0. The molecule has 1 aromatic heterocycles. The summed E-state index contributed by atoms with van der Waals surface area (Å²) in [6, 6.07) is 3.90. The zero-order valence-corrected chi connectivity index (χ0v) is 9.32. The quantitative estimate of drug-likeness (QED) is 0.508. The van der Waals surface area contributed by atoms with Crippen molar-refractivity contribution in [2.45, 2.75) is 13.8 Å². The molecule has 1 aromatic carbocycles. The van der Waals surface area contributed by atoms with Crippen molar-refractivity contribution in [3.63, 3.8) is 0 Å². The monoisotopic (exact) mass is 226 g/mol. The van der Waals surface area contributed by atoms with E-state index in [9.17, 15) is 0 Å². The molecule has 0 atom stereocenters. The summed E-state index contributed by atoms with van der Waals surface area (Å²) in [5.74, 6) is 0. The Labute approximate surface area is 91.9 Å². The zero-order valence-electron chi connectivity index (χ0n) is 7.81. The lowest BCUT2D eigenvalue weighted by atomic mass is 10.1. The molecule has 4 heteroatoms. The van der Waals surface area contributed by atoms with E-state index in [1.54, 1.807) is 0 Å². The van der Waals surface area contributed by atoms with Crippen molar-refractivity contribution in [2.24, 2.45) is 0 Å². The molecule has 0 N–H and O–H groups in total. The number of aromatic nitrogens is 2. The number of nitrogens with zero attached hydrogens (tertiary/aromatic N) is 2. The third-order valence-corrected chi connectivity index (χ3v) is 2.77. The first-order valence-corrected chi connectivity index (χ1v) is 4.94. The van der Waals surface area contributed by atoms with Crippen LogP contribution >= 0.6 is 23.2 Å². The third-order valence-electron chi connectivity index (χ3n) is 2.32. The molecule has 0 radical (unpaired) electrons. The number of benzene rings is 1. The SMILES string of the molecule is Cc1ccc2nc(Cl)nc(Cl)c2c1C. The van der Waals surface area contributed by atoms with E-state index >= 15 is 0 Å². The maximum atomic E-state index is 6.00. The van der Waals surface area contributed by atoms with E-state index in [2.05, 4.69) is 9.97 Å². The number of rotatable bonds is 0. The zero-order chi connectivity index (χ0) is 10.3. The first-order chi connectivity index (χ1) is 6.59. The Hall–Kier alpha value is -0.860. The molecule has 0 aliphatic rings. The predicted octanol–water partition coefficient (Wildman–Crippen LogP) is 3.55. The van der Waals surface area contributed by atoms with E-state index in [0.29, 0.717) is 5.15 Å². The Bertz CT molecular complexity index is 509. The fourth-order valence-electron chi connectivity index (χ4n) is 1.42. The third kappa shape index (κ3) is 1.45. The van der Waals surface area contributed by atoms with Gasteiger partial charge in [0.05, 0.1) is 5.52 Å². The van der Waals surface area contributed by atoms with Crippen LogP contribution in [0.2, 0.25) is 10.4 Å². The van der Waals surface area contributed by atoms with Gasteiger partial charge in [-0.05, 0) is 42.6 Å².